The van der Waals surface area contributed by atoms with E-state index >= 15 is 0 Å². The van der Waals surface area contributed by atoms with Gasteiger partial charge in [-0.2, -0.15) is 0 Å². The van der Waals surface area contributed by atoms with Crippen LogP contribution >= 0.6 is 11.6 Å². The van der Waals surface area contributed by atoms with Crippen LogP contribution in [0.1, 0.15) is 5.82 Å². The van der Waals surface area contributed by atoms with Gasteiger partial charge in [-0.1, -0.05) is 11.6 Å². The van der Waals surface area contributed by atoms with Crippen LogP contribution in [0.2, 0.25) is 5.02 Å². The number of nitrogens with zero attached hydrogens (tertiary/aromatic N) is 3. The first-order valence-corrected chi connectivity index (χ1v) is 6.00. The quantitative estimate of drug-likeness (QED) is 0.845. The molecule has 7 heteroatoms. The fourth-order valence-electron chi connectivity index (χ4n) is 1.88. The van der Waals surface area contributed by atoms with E-state index in [2.05, 4.69) is 4.98 Å². The molecule has 0 fully saturated rings. The Balaban J connectivity index is 2.37. The second kappa shape index (κ2) is 4.97. The zero-order valence-electron chi connectivity index (χ0n) is 10.7. The highest BCUT2D eigenvalue weighted by molar-refractivity contribution is 6.33. The van der Waals surface area contributed by atoms with Crippen molar-refractivity contribution in [2.45, 2.75) is 6.54 Å². The van der Waals surface area contributed by atoms with E-state index < -0.39 is 5.82 Å². The molecule has 2 rings (SSSR count). The van der Waals surface area contributed by atoms with Crippen molar-refractivity contribution in [3.8, 4) is 0 Å². The molecular formula is C12H15ClFN5. The average Bonchev–Trinajstić information content (AvgIpc) is 2.72. The van der Waals surface area contributed by atoms with Gasteiger partial charge in [0.15, 0.2) is 5.82 Å². The van der Waals surface area contributed by atoms with E-state index in [-0.39, 0.29) is 22.1 Å². The molecule has 0 bridgehead atoms. The fraction of sp³-hybridized carbons (Fsp3) is 0.250. The number of halogens is 2. The summed E-state index contributed by atoms with van der Waals surface area (Å²) in [7, 11) is 3.59. The standard InChI is InChI=1S/C12H15ClFN5/c1-18-4-3-17-9(18)6-19(2)12-8(16)5-7(15)10(13)11(12)14/h3-5H,6,15-16H2,1-2H3. The summed E-state index contributed by atoms with van der Waals surface area (Å²) < 4.78 is 16.0. The van der Waals surface area contributed by atoms with Crippen molar-refractivity contribution < 1.29 is 4.39 Å². The molecule has 102 valence electrons. The number of aryl methyl sites for hydroxylation is 1. The highest BCUT2D eigenvalue weighted by atomic mass is 35.5. The van der Waals surface area contributed by atoms with Crippen LogP contribution in [0.25, 0.3) is 0 Å². The number of imidazole rings is 1. The first-order valence-electron chi connectivity index (χ1n) is 5.62. The molecule has 0 saturated carbocycles. The van der Waals surface area contributed by atoms with Gasteiger partial charge in [-0.3, -0.25) is 0 Å². The summed E-state index contributed by atoms with van der Waals surface area (Å²) >= 11 is 5.81. The highest BCUT2D eigenvalue weighted by Gasteiger charge is 2.18. The lowest BCUT2D eigenvalue weighted by atomic mass is 10.2. The van der Waals surface area contributed by atoms with Gasteiger partial charge >= 0.3 is 0 Å². The molecule has 0 unspecified atom stereocenters. The van der Waals surface area contributed by atoms with E-state index in [1.165, 1.54) is 6.07 Å². The molecule has 19 heavy (non-hydrogen) atoms. The molecule has 0 radical (unpaired) electrons. The second-order valence-corrected chi connectivity index (χ2v) is 4.72. The molecule has 5 nitrogen and oxygen atoms in total. The smallest absolute Gasteiger partial charge is 0.169 e. The zero-order valence-corrected chi connectivity index (χ0v) is 11.4. The summed E-state index contributed by atoms with van der Waals surface area (Å²) in [5.41, 5.74) is 12.0. The lowest BCUT2D eigenvalue weighted by Crippen LogP contribution is -2.21. The summed E-state index contributed by atoms with van der Waals surface area (Å²) in [5, 5.41) is -0.115. The van der Waals surface area contributed by atoms with Gasteiger partial charge in [0.25, 0.3) is 0 Å². The summed E-state index contributed by atoms with van der Waals surface area (Å²) in [6.45, 7) is 0.408. The van der Waals surface area contributed by atoms with Crippen LogP contribution in [0.15, 0.2) is 18.5 Å². The van der Waals surface area contributed by atoms with Gasteiger partial charge < -0.3 is 20.9 Å². The van der Waals surface area contributed by atoms with Crippen LogP contribution in [0.5, 0.6) is 0 Å². The minimum absolute atomic E-state index is 0.115. The zero-order chi connectivity index (χ0) is 14.2. The van der Waals surface area contributed by atoms with E-state index in [0.29, 0.717) is 6.54 Å². The Morgan fingerprint density at radius 1 is 1.42 bits per heavy atom. The number of hydrogen-bond donors (Lipinski definition) is 2. The predicted molar refractivity (Wildman–Crippen MR) is 75.5 cm³/mol. The van der Waals surface area contributed by atoms with Crippen molar-refractivity contribution in [3.05, 3.63) is 35.1 Å². The summed E-state index contributed by atoms with van der Waals surface area (Å²) in [6.07, 6.45) is 3.50. The molecule has 0 spiro atoms. The van der Waals surface area contributed by atoms with E-state index in [1.54, 1.807) is 18.1 Å². The highest BCUT2D eigenvalue weighted by Crippen LogP contribution is 2.36. The number of nitrogens with two attached hydrogens (primary N) is 2. The monoisotopic (exact) mass is 283 g/mol. The number of nitrogen functional groups attached to an aromatic ring is 2. The molecule has 0 amide bonds. The number of hydrogen-bond acceptors (Lipinski definition) is 4. The Labute approximate surface area is 115 Å². The maximum absolute atomic E-state index is 14.1. The summed E-state index contributed by atoms with van der Waals surface area (Å²) in [5.74, 6) is 0.171. The molecule has 2 aromatic rings. The maximum Gasteiger partial charge on any atom is 0.169 e. The Kier molecular flexibility index (Phi) is 3.53. The molecule has 1 heterocycles. The van der Waals surface area contributed by atoms with Crippen LogP contribution in [0.4, 0.5) is 21.5 Å². The third-order valence-electron chi connectivity index (χ3n) is 2.92. The number of rotatable bonds is 3. The van der Waals surface area contributed by atoms with E-state index in [9.17, 15) is 4.39 Å². The number of aromatic nitrogens is 2. The molecule has 0 aliphatic heterocycles. The number of benzene rings is 1. The van der Waals surface area contributed by atoms with Gasteiger partial charge in [0, 0.05) is 26.5 Å². The van der Waals surface area contributed by atoms with Gasteiger partial charge in [-0.25, -0.2) is 9.37 Å². The van der Waals surface area contributed by atoms with Gasteiger partial charge in [-0.05, 0) is 6.07 Å². The first kappa shape index (κ1) is 13.5. The lowest BCUT2D eigenvalue weighted by molar-refractivity contribution is 0.621. The Bertz CT molecular complexity index is 610. The molecule has 1 aromatic carbocycles. The Hall–Kier alpha value is -1.95. The minimum Gasteiger partial charge on any atom is -0.397 e. The van der Waals surface area contributed by atoms with Gasteiger partial charge in [0.2, 0.25) is 0 Å². The second-order valence-electron chi connectivity index (χ2n) is 4.34. The third kappa shape index (κ3) is 2.44. The van der Waals surface area contributed by atoms with E-state index in [0.717, 1.165) is 5.82 Å². The Morgan fingerprint density at radius 3 is 2.68 bits per heavy atom. The third-order valence-corrected chi connectivity index (χ3v) is 3.30. The summed E-state index contributed by atoms with van der Waals surface area (Å²) in [4.78, 5) is 5.83. The van der Waals surface area contributed by atoms with Crippen molar-refractivity contribution >= 4 is 28.7 Å². The Morgan fingerprint density at radius 2 is 2.11 bits per heavy atom. The molecule has 0 atom stereocenters. The predicted octanol–water partition coefficient (Wildman–Crippen LogP) is 2.01. The van der Waals surface area contributed by atoms with E-state index in [4.69, 9.17) is 23.1 Å². The maximum atomic E-state index is 14.1. The van der Waals surface area contributed by atoms with Crippen molar-refractivity contribution in [2.24, 2.45) is 7.05 Å². The van der Waals surface area contributed by atoms with Gasteiger partial charge in [-0.15, -0.1) is 0 Å². The molecular weight excluding hydrogens is 269 g/mol. The van der Waals surface area contributed by atoms with Crippen LogP contribution in [0.3, 0.4) is 0 Å². The SMILES string of the molecule is CN(Cc1nccn1C)c1c(N)cc(N)c(Cl)c1F. The van der Waals surface area contributed by atoms with Crippen molar-refractivity contribution in [1.82, 2.24) is 9.55 Å². The number of anilines is 3. The first-order chi connectivity index (χ1) is 8.91. The van der Waals surface area contributed by atoms with Crippen molar-refractivity contribution in [2.75, 3.05) is 23.4 Å². The summed E-state index contributed by atoms with van der Waals surface area (Å²) in [6, 6.07) is 1.45. The molecule has 0 aliphatic carbocycles. The molecule has 1 aromatic heterocycles. The van der Waals surface area contributed by atoms with Crippen LogP contribution in [-0.2, 0) is 13.6 Å². The van der Waals surface area contributed by atoms with Crippen molar-refractivity contribution in [3.63, 3.8) is 0 Å². The molecule has 4 N–H and O–H groups in total. The van der Waals surface area contributed by atoms with E-state index in [1.807, 2.05) is 17.8 Å². The fourth-order valence-corrected chi connectivity index (χ4v) is 2.03. The largest absolute Gasteiger partial charge is 0.397 e. The minimum atomic E-state index is -0.615. The molecule has 0 aliphatic rings. The molecule has 0 saturated heterocycles. The van der Waals surface area contributed by atoms with Gasteiger partial charge in [0.1, 0.15) is 10.8 Å². The van der Waals surface area contributed by atoms with Gasteiger partial charge in [0.05, 0.1) is 23.6 Å². The van der Waals surface area contributed by atoms with Crippen molar-refractivity contribution in [1.29, 1.82) is 0 Å². The average molecular weight is 284 g/mol. The van der Waals surface area contributed by atoms with Crippen LogP contribution < -0.4 is 16.4 Å². The normalized spacial score (nSPS) is 10.7. The van der Waals surface area contributed by atoms with Crippen LogP contribution in [0, 0.1) is 5.82 Å². The van der Waals surface area contributed by atoms with Crippen LogP contribution in [-0.4, -0.2) is 16.6 Å². The topological polar surface area (TPSA) is 73.1 Å². The lowest BCUT2D eigenvalue weighted by Gasteiger charge is -2.22.